The third-order valence-electron chi connectivity index (χ3n) is 2.74. The Kier molecular flexibility index (Phi) is 4.93. The number of aliphatic hydroxyl groups is 1. The normalized spacial score (nSPS) is 10.5. The summed E-state index contributed by atoms with van der Waals surface area (Å²) in [6.07, 6.45) is 0.525. The fraction of sp³-hybridized carbons (Fsp3) is 0.200. The molecule has 0 radical (unpaired) electrons. The van der Waals surface area contributed by atoms with Crippen LogP contribution >= 0.6 is 15.9 Å². The molecule has 0 fully saturated rings. The van der Waals surface area contributed by atoms with E-state index in [0.29, 0.717) is 17.7 Å². The highest BCUT2D eigenvalue weighted by molar-refractivity contribution is 9.10. The van der Waals surface area contributed by atoms with Crippen molar-refractivity contribution in [2.45, 2.75) is 13.0 Å². The van der Waals surface area contributed by atoms with Crippen molar-refractivity contribution in [3.63, 3.8) is 0 Å². The van der Waals surface area contributed by atoms with Crippen molar-refractivity contribution in [1.29, 1.82) is 0 Å². The van der Waals surface area contributed by atoms with Gasteiger partial charge in [0.05, 0.1) is 0 Å². The van der Waals surface area contributed by atoms with E-state index in [9.17, 15) is 4.39 Å². The molecule has 0 aliphatic rings. The highest BCUT2D eigenvalue weighted by Crippen LogP contribution is 2.22. The Morgan fingerprint density at radius 3 is 2.68 bits per heavy atom. The Balaban J connectivity index is 2.12. The van der Waals surface area contributed by atoms with Crippen molar-refractivity contribution in [2.75, 3.05) is 6.61 Å². The fourth-order valence-corrected chi connectivity index (χ4v) is 2.19. The van der Waals surface area contributed by atoms with Gasteiger partial charge in [-0.3, -0.25) is 0 Å². The lowest BCUT2D eigenvalue weighted by atomic mass is 10.1. The molecule has 0 unspecified atom stereocenters. The number of rotatable bonds is 5. The molecule has 0 aliphatic heterocycles. The van der Waals surface area contributed by atoms with E-state index >= 15 is 0 Å². The van der Waals surface area contributed by atoms with Gasteiger partial charge in [0.2, 0.25) is 0 Å². The Labute approximate surface area is 120 Å². The number of halogens is 2. The zero-order valence-electron chi connectivity index (χ0n) is 10.3. The molecular weight excluding hydrogens is 311 g/mol. The van der Waals surface area contributed by atoms with Crippen LogP contribution in [0.5, 0.6) is 5.75 Å². The number of hydrogen-bond donors (Lipinski definition) is 1. The van der Waals surface area contributed by atoms with Crippen LogP contribution in [0.15, 0.2) is 46.9 Å². The lowest BCUT2D eigenvalue weighted by Crippen LogP contribution is -2.02. The van der Waals surface area contributed by atoms with Crippen LogP contribution in [-0.2, 0) is 13.0 Å². The average Bonchev–Trinajstić information content (AvgIpc) is 2.42. The summed E-state index contributed by atoms with van der Waals surface area (Å²) in [5.41, 5.74) is 1.41. The van der Waals surface area contributed by atoms with Crippen molar-refractivity contribution >= 4 is 15.9 Å². The minimum absolute atomic E-state index is 0.0611. The van der Waals surface area contributed by atoms with E-state index in [1.165, 1.54) is 6.07 Å². The molecule has 0 aromatic heterocycles. The summed E-state index contributed by atoms with van der Waals surface area (Å²) in [7, 11) is 0. The van der Waals surface area contributed by atoms with Gasteiger partial charge in [0, 0.05) is 16.6 Å². The maximum atomic E-state index is 13.6. The molecule has 2 aromatic carbocycles. The Hall–Kier alpha value is -1.39. The molecule has 2 rings (SSSR count). The van der Waals surface area contributed by atoms with Gasteiger partial charge in [-0.15, -0.1) is 0 Å². The van der Waals surface area contributed by atoms with Gasteiger partial charge in [0.1, 0.15) is 18.2 Å². The van der Waals surface area contributed by atoms with Crippen LogP contribution in [-0.4, -0.2) is 11.7 Å². The number of para-hydroxylation sites is 1. The largest absolute Gasteiger partial charge is 0.489 e. The van der Waals surface area contributed by atoms with Crippen LogP contribution in [0, 0.1) is 5.82 Å². The van der Waals surface area contributed by atoms with Gasteiger partial charge < -0.3 is 9.84 Å². The van der Waals surface area contributed by atoms with Gasteiger partial charge >= 0.3 is 0 Å². The molecule has 2 nitrogen and oxygen atoms in total. The minimum Gasteiger partial charge on any atom is -0.489 e. The molecule has 0 aliphatic carbocycles. The molecule has 4 heteroatoms. The predicted octanol–water partition coefficient (Wildman–Crippen LogP) is 3.70. The smallest absolute Gasteiger partial charge is 0.129 e. The van der Waals surface area contributed by atoms with Gasteiger partial charge in [-0.05, 0) is 36.2 Å². The molecule has 0 heterocycles. The molecule has 1 N–H and O–H groups in total. The number of ether oxygens (including phenoxy) is 1. The maximum absolute atomic E-state index is 13.6. The average molecular weight is 325 g/mol. The van der Waals surface area contributed by atoms with E-state index in [0.717, 1.165) is 10.0 Å². The second-order valence-corrected chi connectivity index (χ2v) is 5.02. The second kappa shape index (κ2) is 6.68. The minimum atomic E-state index is -0.289. The van der Waals surface area contributed by atoms with Crippen LogP contribution < -0.4 is 4.74 Å². The van der Waals surface area contributed by atoms with Gasteiger partial charge in [0.25, 0.3) is 0 Å². The summed E-state index contributed by atoms with van der Waals surface area (Å²) in [5, 5.41) is 8.99. The molecule has 100 valence electrons. The molecule has 0 bridgehead atoms. The molecule has 0 amide bonds. The Bertz CT molecular complexity index is 558. The molecule has 0 atom stereocenters. The van der Waals surface area contributed by atoms with E-state index in [-0.39, 0.29) is 19.0 Å². The van der Waals surface area contributed by atoms with Crippen molar-refractivity contribution in [1.82, 2.24) is 0 Å². The van der Waals surface area contributed by atoms with E-state index < -0.39 is 0 Å². The monoisotopic (exact) mass is 324 g/mol. The van der Waals surface area contributed by atoms with E-state index in [1.54, 1.807) is 12.1 Å². The second-order valence-electron chi connectivity index (χ2n) is 4.11. The Morgan fingerprint density at radius 2 is 1.89 bits per heavy atom. The van der Waals surface area contributed by atoms with Gasteiger partial charge in [-0.25, -0.2) is 4.39 Å². The quantitative estimate of drug-likeness (QED) is 0.908. The van der Waals surface area contributed by atoms with E-state index in [4.69, 9.17) is 9.84 Å². The molecule has 0 saturated carbocycles. The third-order valence-corrected chi connectivity index (χ3v) is 3.24. The Morgan fingerprint density at radius 1 is 1.11 bits per heavy atom. The van der Waals surface area contributed by atoms with Crippen molar-refractivity contribution < 1.29 is 14.2 Å². The first-order chi connectivity index (χ1) is 9.20. The van der Waals surface area contributed by atoms with Crippen LogP contribution in [0.2, 0.25) is 0 Å². The molecule has 0 saturated heterocycles. The van der Waals surface area contributed by atoms with E-state index in [2.05, 4.69) is 15.9 Å². The summed E-state index contributed by atoms with van der Waals surface area (Å²) in [5.74, 6) is 0.388. The topological polar surface area (TPSA) is 29.5 Å². The third kappa shape index (κ3) is 3.78. The first-order valence-electron chi connectivity index (χ1n) is 5.96. The van der Waals surface area contributed by atoms with Gasteiger partial charge in [-0.1, -0.05) is 34.1 Å². The molecule has 2 aromatic rings. The summed E-state index contributed by atoms with van der Waals surface area (Å²) in [6.45, 7) is 0.222. The number of hydrogen-bond acceptors (Lipinski definition) is 2. The lowest BCUT2D eigenvalue weighted by Gasteiger charge is -2.11. The standard InChI is InChI=1S/C15H14BrFO2/c16-13-5-6-14(17)12(9-13)10-19-15-4-2-1-3-11(15)7-8-18/h1-6,9,18H,7-8,10H2. The van der Waals surface area contributed by atoms with Crippen molar-refractivity contribution in [2.24, 2.45) is 0 Å². The summed E-state index contributed by atoms with van der Waals surface area (Å²) in [6, 6.07) is 12.2. The SMILES string of the molecule is OCCc1ccccc1OCc1cc(Br)ccc1F. The molecule has 19 heavy (non-hydrogen) atoms. The van der Waals surface area contributed by atoms with Crippen LogP contribution in [0.3, 0.4) is 0 Å². The molecule has 0 spiro atoms. The first-order valence-corrected chi connectivity index (χ1v) is 6.75. The lowest BCUT2D eigenvalue weighted by molar-refractivity contribution is 0.281. The van der Waals surface area contributed by atoms with Crippen LogP contribution in [0.25, 0.3) is 0 Å². The summed E-state index contributed by atoms with van der Waals surface area (Å²) < 4.78 is 20.0. The highest BCUT2D eigenvalue weighted by atomic mass is 79.9. The zero-order valence-corrected chi connectivity index (χ0v) is 11.9. The number of benzene rings is 2. The maximum Gasteiger partial charge on any atom is 0.129 e. The van der Waals surface area contributed by atoms with Gasteiger partial charge in [-0.2, -0.15) is 0 Å². The fourth-order valence-electron chi connectivity index (χ4n) is 1.78. The van der Waals surface area contributed by atoms with Crippen LogP contribution in [0.4, 0.5) is 4.39 Å². The summed E-state index contributed by atoms with van der Waals surface area (Å²) >= 11 is 3.31. The van der Waals surface area contributed by atoms with E-state index in [1.807, 2.05) is 24.3 Å². The highest BCUT2D eigenvalue weighted by Gasteiger charge is 2.06. The summed E-state index contributed by atoms with van der Waals surface area (Å²) in [4.78, 5) is 0. The van der Waals surface area contributed by atoms with Crippen LogP contribution in [0.1, 0.15) is 11.1 Å². The zero-order chi connectivity index (χ0) is 13.7. The first kappa shape index (κ1) is 14.0. The van der Waals surface area contributed by atoms with Gasteiger partial charge in [0.15, 0.2) is 0 Å². The van der Waals surface area contributed by atoms with Crippen molar-refractivity contribution in [3.8, 4) is 5.75 Å². The predicted molar refractivity (Wildman–Crippen MR) is 75.7 cm³/mol. The molecular formula is C15H14BrFO2. The number of aliphatic hydroxyl groups excluding tert-OH is 1. The van der Waals surface area contributed by atoms with Crippen molar-refractivity contribution in [3.05, 3.63) is 63.9 Å².